The summed E-state index contributed by atoms with van der Waals surface area (Å²) >= 11 is 3.45. The number of aromatic nitrogens is 1. The minimum atomic E-state index is -0.239. The minimum absolute atomic E-state index is 0.0522. The number of aromatic amines is 1. The van der Waals surface area contributed by atoms with Gasteiger partial charge in [0, 0.05) is 28.0 Å². The fourth-order valence-electron chi connectivity index (χ4n) is 3.43. The molecule has 2 aromatic carbocycles. The molecule has 2 heterocycles. The smallest absolute Gasteiger partial charge is 0.248 e. The van der Waals surface area contributed by atoms with Gasteiger partial charge in [-0.3, -0.25) is 4.79 Å². The molecule has 0 bridgehead atoms. The molecule has 1 aliphatic rings. The first-order valence-electron chi connectivity index (χ1n) is 8.38. The van der Waals surface area contributed by atoms with E-state index in [2.05, 4.69) is 56.6 Å². The molecule has 3 aromatic rings. The lowest BCUT2D eigenvalue weighted by atomic mass is 9.89. The summed E-state index contributed by atoms with van der Waals surface area (Å²) in [5, 5.41) is 5.40. The SMILES string of the molecule is CCc1cccc2c(C3CC(c4ccc(Br)cc4)=NNC3=O)c[nH]c12. The summed E-state index contributed by atoms with van der Waals surface area (Å²) < 4.78 is 1.02. The number of hydrogen-bond donors (Lipinski definition) is 2. The van der Waals surface area contributed by atoms with Crippen molar-refractivity contribution in [1.82, 2.24) is 10.4 Å². The highest BCUT2D eigenvalue weighted by Crippen LogP contribution is 2.32. The number of hydrogen-bond acceptors (Lipinski definition) is 2. The van der Waals surface area contributed by atoms with Gasteiger partial charge in [-0.2, -0.15) is 5.10 Å². The maximum Gasteiger partial charge on any atom is 0.248 e. The Kier molecular flexibility index (Phi) is 4.17. The number of halogens is 1. The van der Waals surface area contributed by atoms with Crippen molar-refractivity contribution >= 4 is 38.5 Å². The summed E-state index contributed by atoms with van der Waals surface area (Å²) in [6.45, 7) is 2.14. The lowest BCUT2D eigenvalue weighted by Gasteiger charge is -2.21. The third kappa shape index (κ3) is 2.89. The van der Waals surface area contributed by atoms with E-state index >= 15 is 0 Å². The molecule has 0 spiro atoms. The fraction of sp³-hybridized carbons (Fsp3) is 0.200. The van der Waals surface area contributed by atoms with Crippen LogP contribution in [0.4, 0.5) is 0 Å². The monoisotopic (exact) mass is 395 g/mol. The van der Waals surface area contributed by atoms with Crippen LogP contribution in [0.15, 0.2) is 58.2 Å². The fourth-order valence-corrected chi connectivity index (χ4v) is 3.69. The number of rotatable bonds is 3. The van der Waals surface area contributed by atoms with E-state index in [0.29, 0.717) is 6.42 Å². The summed E-state index contributed by atoms with van der Waals surface area (Å²) in [6, 6.07) is 14.3. The van der Waals surface area contributed by atoms with Crippen LogP contribution in [0, 0.1) is 0 Å². The second-order valence-electron chi connectivity index (χ2n) is 6.24. The van der Waals surface area contributed by atoms with Gasteiger partial charge in [-0.25, -0.2) is 5.43 Å². The van der Waals surface area contributed by atoms with E-state index in [1.54, 1.807) is 0 Å². The maximum absolute atomic E-state index is 12.5. The van der Waals surface area contributed by atoms with Crippen LogP contribution in [0.25, 0.3) is 10.9 Å². The topological polar surface area (TPSA) is 57.2 Å². The number of carbonyl (C=O) groups excluding carboxylic acids is 1. The molecule has 4 rings (SSSR count). The number of benzene rings is 2. The second-order valence-corrected chi connectivity index (χ2v) is 7.15. The van der Waals surface area contributed by atoms with E-state index in [4.69, 9.17) is 0 Å². The van der Waals surface area contributed by atoms with Gasteiger partial charge in [0.25, 0.3) is 0 Å². The molecule has 1 amide bonds. The average Bonchev–Trinajstić information content (AvgIpc) is 3.07. The molecule has 2 N–H and O–H groups in total. The lowest BCUT2D eigenvalue weighted by Crippen LogP contribution is -2.33. The highest BCUT2D eigenvalue weighted by atomic mass is 79.9. The standard InChI is InChI=1S/C20H18BrN3O/c1-2-12-4-3-5-15-17(11-22-19(12)15)16-10-18(23-24-20(16)25)13-6-8-14(21)9-7-13/h3-9,11,16,22H,2,10H2,1H3,(H,24,25). The zero-order valence-corrected chi connectivity index (χ0v) is 15.4. The zero-order valence-electron chi connectivity index (χ0n) is 13.8. The van der Waals surface area contributed by atoms with E-state index < -0.39 is 0 Å². The van der Waals surface area contributed by atoms with Crippen LogP contribution in [0.3, 0.4) is 0 Å². The number of hydrazone groups is 1. The first kappa shape index (κ1) is 16.1. The number of amides is 1. The summed E-state index contributed by atoms with van der Waals surface area (Å²) in [5.74, 6) is -0.291. The molecular weight excluding hydrogens is 378 g/mol. The molecule has 1 aromatic heterocycles. The van der Waals surface area contributed by atoms with Crippen molar-refractivity contribution in [2.75, 3.05) is 0 Å². The first-order valence-corrected chi connectivity index (χ1v) is 9.18. The summed E-state index contributed by atoms with van der Waals surface area (Å²) in [4.78, 5) is 15.8. The third-order valence-electron chi connectivity index (χ3n) is 4.78. The van der Waals surface area contributed by atoms with Crippen molar-refractivity contribution in [1.29, 1.82) is 0 Å². The van der Waals surface area contributed by atoms with Gasteiger partial charge in [0.1, 0.15) is 0 Å². The number of H-pyrrole nitrogens is 1. The Hall–Kier alpha value is -2.40. The van der Waals surface area contributed by atoms with Crippen molar-refractivity contribution in [3.8, 4) is 0 Å². The van der Waals surface area contributed by atoms with E-state index in [9.17, 15) is 4.79 Å². The van der Waals surface area contributed by atoms with Crippen LogP contribution >= 0.6 is 15.9 Å². The molecule has 1 unspecified atom stereocenters. The van der Waals surface area contributed by atoms with Crippen molar-refractivity contribution in [3.63, 3.8) is 0 Å². The van der Waals surface area contributed by atoms with Gasteiger partial charge in [0.05, 0.1) is 11.6 Å². The minimum Gasteiger partial charge on any atom is -0.361 e. The average molecular weight is 396 g/mol. The highest BCUT2D eigenvalue weighted by molar-refractivity contribution is 9.10. The van der Waals surface area contributed by atoms with Crippen LogP contribution in [-0.4, -0.2) is 16.6 Å². The number of nitrogens with zero attached hydrogens (tertiary/aromatic N) is 1. The normalized spacial score (nSPS) is 17.4. The second kappa shape index (κ2) is 6.48. The van der Waals surface area contributed by atoms with E-state index in [1.165, 1.54) is 5.56 Å². The predicted octanol–water partition coefficient (Wildman–Crippen LogP) is 4.50. The Balaban J connectivity index is 1.72. The third-order valence-corrected chi connectivity index (χ3v) is 5.31. The first-order chi connectivity index (χ1) is 12.2. The van der Waals surface area contributed by atoms with Crippen LogP contribution in [-0.2, 0) is 11.2 Å². The van der Waals surface area contributed by atoms with Crippen molar-refractivity contribution in [3.05, 3.63) is 69.8 Å². The van der Waals surface area contributed by atoms with Gasteiger partial charge in [-0.05, 0) is 35.2 Å². The number of carbonyl (C=O) groups is 1. The molecular formula is C20H18BrN3O. The van der Waals surface area contributed by atoms with Crippen LogP contribution in [0.5, 0.6) is 0 Å². The van der Waals surface area contributed by atoms with Gasteiger partial charge < -0.3 is 4.98 Å². The molecule has 126 valence electrons. The Morgan fingerprint density at radius 3 is 2.76 bits per heavy atom. The molecule has 1 aliphatic heterocycles. The Morgan fingerprint density at radius 1 is 1.20 bits per heavy atom. The number of para-hydroxylation sites is 1. The van der Waals surface area contributed by atoms with Crippen LogP contribution in [0.2, 0.25) is 0 Å². The molecule has 0 aliphatic carbocycles. The summed E-state index contributed by atoms with van der Waals surface area (Å²) in [7, 11) is 0. The number of nitrogens with one attached hydrogen (secondary N) is 2. The molecule has 1 atom stereocenters. The molecule has 4 nitrogen and oxygen atoms in total. The molecule has 0 radical (unpaired) electrons. The molecule has 5 heteroatoms. The largest absolute Gasteiger partial charge is 0.361 e. The van der Waals surface area contributed by atoms with E-state index in [0.717, 1.165) is 38.6 Å². The predicted molar refractivity (Wildman–Crippen MR) is 104 cm³/mol. The Bertz CT molecular complexity index is 972. The van der Waals surface area contributed by atoms with Crippen LogP contribution < -0.4 is 5.43 Å². The van der Waals surface area contributed by atoms with Gasteiger partial charge in [0.2, 0.25) is 5.91 Å². The molecule has 0 saturated heterocycles. The van der Waals surface area contributed by atoms with Gasteiger partial charge >= 0.3 is 0 Å². The van der Waals surface area contributed by atoms with Crippen molar-refractivity contribution < 1.29 is 4.79 Å². The van der Waals surface area contributed by atoms with Crippen molar-refractivity contribution in [2.24, 2.45) is 5.10 Å². The van der Waals surface area contributed by atoms with Gasteiger partial charge in [-0.15, -0.1) is 0 Å². The van der Waals surface area contributed by atoms with Gasteiger partial charge in [0.15, 0.2) is 0 Å². The molecule has 0 saturated carbocycles. The summed E-state index contributed by atoms with van der Waals surface area (Å²) in [5.41, 5.74) is 8.06. The van der Waals surface area contributed by atoms with E-state index in [1.807, 2.05) is 30.5 Å². The highest BCUT2D eigenvalue weighted by Gasteiger charge is 2.29. The molecule has 0 fully saturated rings. The summed E-state index contributed by atoms with van der Waals surface area (Å²) in [6.07, 6.45) is 3.52. The number of aryl methyl sites for hydroxylation is 1. The van der Waals surface area contributed by atoms with Crippen LogP contribution in [0.1, 0.15) is 36.0 Å². The maximum atomic E-state index is 12.5. The van der Waals surface area contributed by atoms with E-state index in [-0.39, 0.29) is 11.8 Å². The Labute approximate surface area is 154 Å². The zero-order chi connectivity index (χ0) is 17.4. The Morgan fingerprint density at radius 2 is 2.00 bits per heavy atom. The molecule has 25 heavy (non-hydrogen) atoms. The quantitative estimate of drug-likeness (QED) is 0.673. The van der Waals surface area contributed by atoms with Gasteiger partial charge in [-0.1, -0.05) is 53.2 Å². The lowest BCUT2D eigenvalue weighted by molar-refractivity contribution is -0.122. The van der Waals surface area contributed by atoms with Crippen molar-refractivity contribution in [2.45, 2.75) is 25.7 Å². The number of fused-ring (bicyclic) bond motifs is 1.